The summed E-state index contributed by atoms with van der Waals surface area (Å²) in [6.45, 7) is 8.54. The highest BCUT2D eigenvalue weighted by atomic mass is 35.5. The van der Waals surface area contributed by atoms with Gasteiger partial charge in [-0.2, -0.15) is 0 Å². The summed E-state index contributed by atoms with van der Waals surface area (Å²) in [6, 6.07) is 5.03. The number of nitrogens with one attached hydrogen (secondary N) is 2. The third-order valence-corrected chi connectivity index (χ3v) is 4.73. The van der Waals surface area contributed by atoms with Gasteiger partial charge in [-0.25, -0.2) is 0 Å². The van der Waals surface area contributed by atoms with Crippen LogP contribution in [-0.4, -0.2) is 17.0 Å². The van der Waals surface area contributed by atoms with Gasteiger partial charge >= 0.3 is 0 Å². The summed E-state index contributed by atoms with van der Waals surface area (Å²) in [7, 11) is 1.90. The fraction of sp³-hybridized carbons (Fsp3) is 0.368. The Kier molecular flexibility index (Phi) is 5.90. The Hall–Kier alpha value is -2.27. The van der Waals surface area contributed by atoms with Crippen LogP contribution in [0.3, 0.4) is 0 Å². The van der Waals surface area contributed by atoms with Crippen molar-refractivity contribution in [3.05, 3.63) is 61.5 Å². The third-order valence-electron chi connectivity index (χ3n) is 4.52. The number of amides is 1. The van der Waals surface area contributed by atoms with Gasteiger partial charge < -0.3 is 15.2 Å². The fourth-order valence-electron chi connectivity index (χ4n) is 2.79. The minimum atomic E-state index is -0.249. The molecule has 5 nitrogen and oxygen atoms in total. The highest BCUT2D eigenvalue weighted by molar-refractivity contribution is 6.31. The molecule has 2 rings (SSSR count). The van der Waals surface area contributed by atoms with E-state index >= 15 is 0 Å². The number of aryl methyl sites for hydroxylation is 1. The number of nitrogens with zero attached hydrogens (tertiary/aromatic N) is 1. The predicted molar refractivity (Wildman–Crippen MR) is 103 cm³/mol. The van der Waals surface area contributed by atoms with Crippen molar-refractivity contribution in [2.45, 2.75) is 34.2 Å². The van der Waals surface area contributed by atoms with Crippen molar-refractivity contribution in [1.82, 2.24) is 9.88 Å². The maximum atomic E-state index is 12.6. The third kappa shape index (κ3) is 4.04. The van der Waals surface area contributed by atoms with Crippen molar-refractivity contribution in [3.8, 4) is 0 Å². The SMILES string of the molecule is CCNc1cc(Cl)cc(C(=O)NCc2c(C)n(C)c(C)cc2=O)c1C. The molecule has 0 fully saturated rings. The molecule has 1 aromatic heterocycles. The number of rotatable bonds is 5. The Balaban J connectivity index is 2.28. The first-order valence-corrected chi connectivity index (χ1v) is 8.62. The molecule has 0 saturated heterocycles. The summed E-state index contributed by atoms with van der Waals surface area (Å²) in [6.07, 6.45) is 0. The maximum absolute atomic E-state index is 12.6. The van der Waals surface area contributed by atoms with Gasteiger partial charge in [-0.05, 0) is 45.4 Å². The predicted octanol–water partition coefficient (Wildman–Crippen LogP) is 3.33. The molecule has 0 radical (unpaired) electrons. The number of aromatic nitrogens is 1. The number of hydrogen-bond acceptors (Lipinski definition) is 3. The quantitative estimate of drug-likeness (QED) is 0.858. The molecule has 1 amide bonds. The van der Waals surface area contributed by atoms with Crippen LogP contribution in [0.25, 0.3) is 0 Å². The first-order chi connectivity index (χ1) is 11.8. The van der Waals surface area contributed by atoms with Crippen molar-refractivity contribution >= 4 is 23.2 Å². The van der Waals surface area contributed by atoms with E-state index in [-0.39, 0.29) is 17.9 Å². The van der Waals surface area contributed by atoms with E-state index in [1.807, 2.05) is 39.3 Å². The first-order valence-electron chi connectivity index (χ1n) is 8.24. The Labute approximate surface area is 153 Å². The van der Waals surface area contributed by atoms with Gasteiger partial charge in [-0.15, -0.1) is 0 Å². The number of carbonyl (C=O) groups excluding carboxylic acids is 1. The standard InChI is InChI=1S/C19H24ClN3O2/c1-6-21-17-9-14(20)8-15(12(17)3)19(25)22-10-16-13(4)23(5)11(2)7-18(16)24/h7-9,21H,6,10H2,1-5H3,(H,22,25). The van der Waals surface area contributed by atoms with Gasteiger partial charge in [-0.1, -0.05) is 11.6 Å². The fourth-order valence-corrected chi connectivity index (χ4v) is 3.01. The van der Waals surface area contributed by atoms with Crippen LogP contribution >= 0.6 is 11.6 Å². The lowest BCUT2D eigenvalue weighted by Gasteiger charge is -2.15. The van der Waals surface area contributed by atoms with Gasteiger partial charge in [0.05, 0.1) is 0 Å². The van der Waals surface area contributed by atoms with Gasteiger partial charge in [0.1, 0.15) is 0 Å². The number of halogens is 1. The molecule has 0 spiro atoms. The highest BCUT2D eigenvalue weighted by Crippen LogP contribution is 2.25. The summed E-state index contributed by atoms with van der Waals surface area (Å²) in [4.78, 5) is 24.8. The van der Waals surface area contributed by atoms with Crippen molar-refractivity contribution < 1.29 is 4.79 Å². The summed E-state index contributed by atoms with van der Waals surface area (Å²) in [5, 5.41) is 6.54. The molecule has 134 valence electrons. The minimum absolute atomic E-state index is 0.0652. The molecule has 0 unspecified atom stereocenters. The van der Waals surface area contributed by atoms with Crippen LogP contribution in [0.15, 0.2) is 23.0 Å². The van der Waals surface area contributed by atoms with Gasteiger partial charge in [0.25, 0.3) is 5.91 Å². The number of carbonyl (C=O) groups is 1. The Bertz CT molecular complexity index is 872. The lowest BCUT2D eigenvalue weighted by molar-refractivity contribution is 0.0950. The van der Waals surface area contributed by atoms with E-state index in [9.17, 15) is 9.59 Å². The highest BCUT2D eigenvalue weighted by Gasteiger charge is 2.15. The lowest BCUT2D eigenvalue weighted by atomic mass is 10.1. The molecule has 25 heavy (non-hydrogen) atoms. The Morgan fingerprint density at radius 2 is 1.88 bits per heavy atom. The van der Waals surface area contributed by atoms with Gasteiger partial charge in [0.15, 0.2) is 5.43 Å². The zero-order chi connectivity index (χ0) is 18.7. The molecule has 1 aromatic carbocycles. The molecular weight excluding hydrogens is 338 g/mol. The summed E-state index contributed by atoms with van der Waals surface area (Å²) >= 11 is 6.13. The number of anilines is 1. The molecule has 6 heteroatoms. The van der Waals surface area contributed by atoms with Crippen molar-refractivity contribution in [2.75, 3.05) is 11.9 Å². The van der Waals surface area contributed by atoms with Crippen molar-refractivity contribution in [1.29, 1.82) is 0 Å². The van der Waals surface area contributed by atoms with E-state index in [0.29, 0.717) is 16.1 Å². The normalized spacial score (nSPS) is 10.6. The summed E-state index contributed by atoms with van der Waals surface area (Å²) < 4.78 is 1.94. The van der Waals surface area contributed by atoms with Gasteiger partial charge in [-0.3, -0.25) is 9.59 Å². The smallest absolute Gasteiger partial charge is 0.251 e. The second-order valence-corrected chi connectivity index (χ2v) is 6.55. The van der Waals surface area contributed by atoms with E-state index < -0.39 is 0 Å². The number of hydrogen-bond donors (Lipinski definition) is 2. The van der Waals surface area contributed by atoms with E-state index in [4.69, 9.17) is 11.6 Å². The summed E-state index contributed by atoms with van der Waals surface area (Å²) in [5.41, 5.74) is 4.43. The largest absolute Gasteiger partial charge is 0.385 e. The number of benzene rings is 1. The average molecular weight is 362 g/mol. The van der Waals surface area contributed by atoms with Gasteiger partial charge in [0.2, 0.25) is 0 Å². The molecular formula is C19H24ClN3O2. The van der Waals surface area contributed by atoms with Crippen molar-refractivity contribution in [2.24, 2.45) is 7.05 Å². The molecule has 0 aliphatic rings. The zero-order valence-corrected chi connectivity index (χ0v) is 16.0. The van der Waals surface area contributed by atoms with Crippen LogP contribution in [-0.2, 0) is 13.6 Å². The minimum Gasteiger partial charge on any atom is -0.385 e. The molecule has 0 atom stereocenters. The van der Waals surface area contributed by atoms with Crippen LogP contribution < -0.4 is 16.1 Å². The van der Waals surface area contributed by atoms with Crippen LogP contribution in [0, 0.1) is 20.8 Å². The van der Waals surface area contributed by atoms with Crippen LogP contribution in [0.4, 0.5) is 5.69 Å². The van der Waals surface area contributed by atoms with Crippen LogP contribution in [0.2, 0.25) is 5.02 Å². The lowest BCUT2D eigenvalue weighted by Crippen LogP contribution is -2.29. The number of pyridine rings is 1. The monoisotopic (exact) mass is 361 g/mol. The molecule has 0 aliphatic carbocycles. The molecule has 2 N–H and O–H groups in total. The zero-order valence-electron chi connectivity index (χ0n) is 15.3. The van der Waals surface area contributed by atoms with E-state index in [2.05, 4.69) is 10.6 Å². The van der Waals surface area contributed by atoms with E-state index in [1.165, 1.54) is 0 Å². The summed E-state index contributed by atoms with van der Waals surface area (Å²) in [5.74, 6) is -0.249. The van der Waals surface area contributed by atoms with Crippen molar-refractivity contribution in [3.63, 3.8) is 0 Å². The molecule has 1 heterocycles. The average Bonchev–Trinajstić information content (AvgIpc) is 2.55. The molecule has 0 bridgehead atoms. The molecule has 0 saturated carbocycles. The maximum Gasteiger partial charge on any atom is 0.251 e. The Morgan fingerprint density at radius 1 is 1.20 bits per heavy atom. The molecule has 2 aromatic rings. The topological polar surface area (TPSA) is 63.1 Å². The molecule has 0 aliphatic heterocycles. The Morgan fingerprint density at radius 3 is 2.52 bits per heavy atom. The van der Waals surface area contributed by atoms with Crippen LogP contribution in [0.1, 0.15) is 39.8 Å². The van der Waals surface area contributed by atoms with E-state index in [0.717, 1.165) is 29.2 Å². The van der Waals surface area contributed by atoms with Gasteiger partial charge in [0, 0.05) is 59.4 Å². The second-order valence-electron chi connectivity index (χ2n) is 6.11. The second kappa shape index (κ2) is 7.74. The first kappa shape index (κ1) is 19.1. The van der Waals surface area contributed by atoms with E-state index in [1.54, 1.807) is 18.2 Å². The van der Waals surface area contributed by atoms with Crippen LogP contribution in [0.5, 0.6) is 0 Å².